The quantitative estimate of drug-likeness (QED) is 0.296. The van der Waals surface area contributed by atoms with Gasteiger partial charge in [-0.05, 0) is 18.2 Å². The summed E-state index contributed by atoms with van der Waals surface area (Å²) in [6.45, 7) is -1.86. The molecule has 0 aliphatic heterocycles. The third-order valence-corrected chi connectivity index (χ3v) is 2.08. The fourth-order valence-corrected chi connectivity index (χ4v) is 1.25. The minimum absolute atomic E-state index is 0.306. The van der Waals surface area contributed by atoms with Crippen molar-refractivity contribution in [2.75, 3.05) is 6.61 Å². The van der Waals surface area contributed by atoms with Crippen LogP contribution in [0, 0.1) is 0 Å². The van der Waals surface area contributed by atoms with Crippen LogP contribution in [0.1, 0.15) is 11.1 Å². The van der Waals surface area contributed by atoms with E-state index >= 15 is 0 Å². The Balaban J connectivity index is 3.18. The lowest BCUT2D eigenvalue weighted by atomic mass is 10.1. The molecule has 0 fully saturated rings. The molecular weight excluding hydrogens is 294 g/mol. The van der Waals surface area contributed by atoms with Crippen molar-refractivity contribution in [2.24, 2.45) is 10.9 Å². The molecule has 1 aromatic carbocycles. The number of amidine groups is 1. The van der Waals surface area contributed by atoms with Crippen LogP contribution in [-0.2, 0) is 6.18 Å². The number of nitrogens with two attached hydrogens (primary N) is 1. The van der Waals surface area contributed by atoms with Gasteiger partial charge in [0.2, 0.25) is 0 Å². The van der Waals surface area contributed by atoms with Crippen molar-refractivity contribution in [1.29, 1.82) is 0 Å². The second-order valence-electron chi connectivity index (χ2n) is 3.60. The van der Waals surface area contributed by atoms with Crippen LogP contribution < -0.4 is 10.5 Å². The topological polar surface area (TPSA) is 67.8 Å². The Morgan fingerprint density at radius 2 is 1.80 bits per heavy atom. The van der Waals surface area contributed by atoms with Crippen LogP contribution in [0.4, 0.5) is 26.3 Å². The maximum Gasteiger partial charge on any atom is 0.422 e. The monoisotopic (exact) mass is 302 g/mol. The van der Waals surface area contributed by atoms with Crippen molar-refractivity contribution in [2.45, 2.75) is 12.4 Å². The van der Waals surface area contributed by atoms with Crippen LogP contribution in [0.3, 0.4) is 0 Å². The fourth-order valence-electron chi connectivity index (χ4n) is 1.25. The van der Waals surface area contributed by atoms with Gasteiger partial charge in [0.25, 0.3) is 0 Å². The summed E-state index contributed by atoms with van der Waals surface area (Å²) in [6.07, 6.45) is -9.72. The minimum Gasteiger partial charge on any atom is -0.483 e. The van der Waals surface area contributed by atoms with Crippen molar-refractivity contribution >= 4 is 5.84 Å². The Hall–Kier alpha value is -2.13. The van der Waals surface area contributed by atoms with Crippen LogP contribution in [0.25, 0.3) is 0 Å². The van der Waals surface area contributed by atoms with Crippen LogP contribution >= 0.6 is 0 Å². The molecule has 0 saturated heterocycles. The highest BCUT2D eigenvalue weighted by atomic mass is 19.4. The molecule has 0 heterocycles. The molecular formula is C10H8F6N2O2. The normalized spacial score (nSPS) is 13.4. The Labute approximate surface area is 108 Å². The highest BCUT2D eigenvalue weighted by Crippen LogP contribution is 2.37. The highest BCUT2D eigenvalue weighted by molar-refractivity contribution is 5.97. The molecule has 0 spiro atoms. The molecule has 112 valence electrons. The number of oxime groups is 1. The van der Waals surface area contributed by atoms with Crippen molar-refractivity contribution in [3.8, 4) is 5.75 Å². The number of hydrogen-bond acceptors (Lipinski definition) is 3. The number of halogens is 6. The molecule has 3 N–H and O–H groups in total. The summed E-state index contributed by atoms with van der Waals surface area (Å²) >= 11 is 0. The summed E-state index contributed by atoms with van der Waals surface area (Å²) in [5, 5.41) is 10.9. The summed E-state index contributed by atoms with van der Waals surface area (Å²) in [4.78, 5) is 0. The molecule has 20 heavy (non-hydrogen) atoms. The van der Waals surface area contributed by atoms with Crippen LogP contribution in [0.5, 0.6) is 5.75 Å². The van der Waals surface area contributed by atoms with Gasteiger partial charge in [-0.1, -0.05) is 5.16 Å². The molecule has 10 heteroatoms. The molecule has 0 unspecified atom stereocenters. The standard InChI is InChI=1S/C10H8F6N2O2/c11-9(12,13)4-20-7-2-1-5(8(17)18-19)3-6(7)10(14,15)16/h1-3,19H,4H2,(H2,17,18). The molecule has 0 aliphatic carbocycles. The maximum atomic E-state index is 12.7. The molecule has 0 radical (unpaired) electrons. The van der Waals surface area contributed by atoms with Crippen LogP contribution in [0.15, 0.2) is 23.4 Å². The van der Waals surface area contributed by atoms with E-state index in [0.717, 1.165) is 6.07 Å². The number of rotatable bonds is 3. The van der Waals surface area contributed by atoms with Crippen molar-refractivity contribution in [1.82, 2.24) is 0 Å². The van der Waals surface area contributed by atoms with Gasteiger partial charge in [0, 0.05) is 5.56 Å². The Morgan fingerprint density at radius 3 is 2.25 bits per heavy atom. The predicted molar refractivity (Wildman–Crippen MR) is 55.5 cm³/mol. The zero-order chi connectivity index (χ0) is 15.6. The van der Waals surface area contributed by atoms with Crippen molar-refractivity contribution in [3.05, 3.63) is 29.3 Å². The summed E-state index contributed by atoms with van der Waals surface area (Å²) in [5.74, 6) is -1.61. The van der Waals surface area contributed by atoms with Gasteiger partial charge in [-0.3, -0.25) is 0 Å². The van der Waals surface area contributed by atoms with E-state index in [-0.39, 0.29) is 5.56 Å². The molecule has 0 atom stereocenters. The van der Waals surface area contributed by atoms with Crippen LogP contribution in [0.2, 0.25) is 0 Å². The van der Waals surface area contributed by atoms with Crippen LogP contribution in [-0.4, -0.2) is 23.8 Å². The number of hydrogen-bond donors (Lipinski definition) is 2. The van der Waals surface area contributed by atoms with Gasteiger partial charge >= 0.3 is 12.4 Å². The van der Waals surface area contributed by atoms with E-state index in [1.165, 1.54) is 0 Å². The minimum atomic E-state index is -4.95. The molecule has 4 nitrogen and oxygen atoms in total. The third-order valence-electron chi connectivity index (χ3n) is 2.08. The smallest absolute Gasteiger partial charge is 0.422 e. The number of ether oxygens (including phenoxy) is 1. The van der Waals surface area contributed by atoms with Gasteiger partial charge in [0.1, 0.15) is 5.75 Å². The van der Waals surface area contributed by atoms with E-state index in [9.17, 15) is 26.3 Å². The number of alkyl halides is 6. The molecule has 0 aromatic heterocycles. The lowest BCUT2D eigenvalue weighted by Gasteiger charge is -2.16. The first-order valence-corrected chi connectivity index (χ1v) is 4.93. The van der Waals surface area contributed by atoms with Gasteiger partial charge in [0.05, 0.1) is 5.56 Å². The lowest BCUT2D eigenvalue weighted by molar-refractivity contribution is -0.158. The highest BCUT2D eigenvalue weighted by Gasteiger charge is 2.36. The van der Waals surface area contributed by atoms with Gasteiger partial charge in [-0.2, -0.15) is 26.3 Å². The van der Waals surface area contributed by atoms with Crippen molar-refractivity contribution in [3.63, 3.8) is 0 Å². The first kappa shape index (κ1) is 15.9. The van der Waals surface area contributed by atoms with Gasteiger partial charge in [-0.25, -0.2) is 0 Å². The molecule has 1 aromatic rings. The van der Waals surface area contributed by atoms with Gasteiger partial charge in [0.15, 0.2) is 12.4 Å². The van der Waals surface area contributed by atoms with E-state index < -0.39 is 36.1 Å². The van der Waals surface area contributed by atoms with E-state index in [4.69, 9.17) is 10.9 Å². The Bertz CT molecular complexity index is 509. The number of benzene rings is 1. The molecule has 1 rings (SSSR count). The average Bonchev–Trinajstić information content (AvgIpc) is 2.33. The molecule has 0 amide bonds. The summed E-state index contributed by atoms with van der Waals surface area (Å²) in [6, 6.07) is 2.04. The zero-order valence-electron chi connectivity index (χ0n) is 9.59. The second-order valence-corrected chi connectivity index (χ2v) is 3.60. The van der Waals surface area contributed by atoms with E-state index in [1.807, 2.05) is 0 Å². The predicted octanol–water partition coefficient (Wildman–Crippen LogP) is 2.74. The second kappa shape index (κ2) is 5.47. The zero-order valence-corrected chi connectivity index (χ0v) is 9.59. The summed E-state index contributed by atoms with van der Waals surface area (Å²) in [5.41, 5.74) is 3.35. The first-order valence-electron chi connectivity index (χ1n) is 4.93. The first-order chi connectivity index (χ1) is 9.04. The molecule has 0 aliphatic rings. The van der Waals surface area contributed by atoms with E-state index in [1.54, 1.807) is 0 Å². The maximum absolute atomic E-state index is 12.7. The Morgan fingerprint density at radius 1 is 1.20 bits per heavy atom. The van der Waals surface area contributed by atoms with E-state index in [2.05, 4.69) is 9.89 Å². The Kier molecular flexibility index (Phi) is 4.36. The third kappa shape index (κ3) is 4.21. The van der Waals surface area contributed by atoms with Gasteiger partial charge in [-0.15, -0.1) is 0 Å². The lowest BCUT2D eigenvalue weighted by Crippen LogP contribution is -2.21. The SMILES string of the molecule is N/C(=N/O)c1ccc(OCC(F)(F)F)c(C(F)(F)F)c1. The largest absolute Gasteiger partial charge is 0.483 e. The fraction of sp³-hybridized carbons (Fsp3) is 0.300. The van der Waals surface area contributed by atoms with Crippen molar-refractivity contribution < 1.29 is 36.3 Å². The summed E-state index contributed by atoms with van der Waals surface area (Å²) in [7, 11) is 0. The average molecular weight is 302 g/mol. The van der Waals surface area contributed by atoms with Gasteiger partial charge < -0.3 is 15.7 Å². The molecule has 0 bridgehead atoms. The van der Waals surface area contributed by atoms with E-state index in [0.29, 0.717) is 12.1 Å². The number of nitrogens with zero attached hydrogens (tertiary/aromatic N) is 1. The summed E-state index contributed by atoms with van der Waals surface area (Å²) < 4.78 is 78.1. The molecule has 0 saturated carbocycles.